The van der Waals surface area contributed by atoms with Crippen LogP contribution in [0, 0.1) is 0 Å². The zero-order valence-corrected chi connectivity index (χ0v) is 16.6. The molecule has 3 rings (SSSR count). The van der Waals surface area contributed by atoms with Gasteiger partial charge in [0.2, 0.25) is 0 Å². The molecule has 0 bridgehead atoms. The van der Waals surface area contributed by atoms with Gasteiger partial charge in [0.05, 0.1) is 23.0 Å². The van der Waals surface area contributed by atoms with Crippen molar-refractivity contribution in [2.24, 2.45) is 0 Å². The first-order valence-electron chi connectivity index (χ1n) is 8.05. The van der Waals surface area contributed by atoms with Crippen LogP contribution >= 0.6 is 11.7 Å². The van der Waals surface area contributed by atoms with E-state index in [2.05, 4.69) is 13.5 Å². The lowest BCUT2D eigenvalue weighted by atomic mass is 10.2. The Morgan fingerprint density at radius 2 is 1.65 bits per heavy atom. The highest BCUT2D eigenvalue weighted by Gasteiger charge is 2.21. The van der Waals surface area contributed by atoms with Crippen molar-refractivity contribution in [3.63, 3.8) is 0 Å². The molecule has 0 saturated carbocycles. The van der Waals surface area contributed by atoms with Gasteiger partial charge in [-0.2, -0.15) is 8.75 Å². The van der Waals surface area contributed by atoms with Gasteiger partial charge in [-0.1, -0.05) is 45.9 Å². The summed E-state index contributed by atoms with van der Waals surface area (Å²) in [5, 5.41) is 9.12. The van der Waals surface area contributed by atoms with Crippen LogP contribution in [-0.2, 0) is 10.0 Å². The second-order valence-corrected chi connectivity index (χ2v) is 6.52. The molecule has 0 unspecified atom stereocenters. The molecule has 1 heterocycles. The maximum absolute atomic E-state index is 12.5. The van der Waals surface area contributed by atoms with E-state index in [4.69, 9.17) is 5.11 Å². The number of sulfonamides is 1. The fourth-order valence-corrected chi connectivity index (χ4v) is 3.80. The van der Waals surface area contributed by atoms with Crippen LogP contribution in [0.25, 0.3) is 11.0 Å². The van der Waals surface area contributed by atoms with Crippen molar-refractivity contribution >= 4 is 44.4 Å². The molecule has 3 aromatic rings. The van der Waals surface area contributed by atoms with Crippen molar-refractivity contribution in [3.8, 4) is 0 Å². The van der Waals surface area contributed by atoms with Gasteiger partial charge in [0.15, 0.2) is 0 Å². The third kappa shape index (κ3) is 4.77. The molecule has 0 amide bonds. The zero-order chi connectivity index (χ0) is 19.7. The lowest BCUT2D eigenvalue weighted by Gasteiger charge is -2.10. The molecule has 0 fully saturated rings. The summed E-state index contributed by atoms with van der Waals surface area (Å²) >= 11 is 0.911. The average molecular weight is 396 g/mol. The fourth-order valence-electron chi connectivity index (χ4n) is 1.96. The van der Waals surface area contributed by atoms with Crippen LogP contribution in [0.5, 0.6) is 0 Å². The van der Waals surface area contributed by atoms with Crippen molar-refractivity contribution in [1.82, 2.24) is 8.75 Å². The molecule has 0 saturated heterocycles. The summed E-state index contributed by atoms with van der Waals surface area (Å²) in [7, 11) is -3.98. The van der Waals surface area contributed by atoms with Gasteiger partial charge in [-0.3, -0.25) is 4.72 Å². The van der Waals surface area contributed by atoms with Crippen LogP contribution in [-0.4, -0.2) is 28.2 Å². The van der Waals surface area contributed by atoms with Gasteiger partial charge < -0.3 is 5.11 Å². The number of nitrogens with zero attached hydrogens (tertiary/aromatic N) is 2. The normalized spacial score (nSPS) is 10.2. The third-order valence-electron chi connectivity index (χ3n) is 2.94. The van der Waals surface area contributed by atoms with Crippen molar-refractivity contribution in [2.45, 2.75) is 32.6 Å². The zero-order valence-electron chi connectivity index (χ0n) is 14.9. The smallest absolute Gasteiger partial charge is 0.337 e. The van der Waals surface area contributed by atoms with E-state index in [1.54, 1.807) is 18.2 Å². The van der Waals surface area contributed by atoms with Crippen molar-refractivity contribution < 1.29 is 18.3 Å². The van der Waals surface area contributed by atoms with Crippen LogP contribution in [0.15, 0.2) is 47.4 Å². The highest BCUT2D eigenvalue weighted by Crippen LogP contribution is 2.25. The standard InChI is InChI=1S/C13H9N3O4S2.2C2H6/c17-13(18)8-4-1-2-5-9(8)16-22(19,20)11-7-3-6-10-12(11)15-21-14-10;2*1-2/h1-7,16H,(H,17,18);2*1-2H3. The topological polar surface area (TPSA) is 109 Å². The second kappa shape index (κ2) is 9.83. The Kier molecular flexibility index (Phi) is 8.14. The number of benzene rings is 2. The first-order valence-corrected chi connectivity index (χ1v) is 10.3. The fraction of sp³-hybridized carbons (Fsp3) is 0.235. The molecule has 1 aromatic heterocycles. The Labute approximate surface area is 157 Å². The highest BCUT2D eigenvalue weighted by molar-refractivity contribution is 7.93. The Balaban J connectivity index is 0.000000791. The summed E-state index contributed by atoms with van der Waals surface area (Å²) in [6.07, 6.45) is 0. The maximum atomic E-state index is 12.5. The number of para-hydroxylation sites is 1. The number of carboxylic acid groups (broad SMARTS) is 1. The lowest BCUT2D eigenvalue weighted by Crippen LogP contribution is -2.16. The molecule has 2 aromatic carbocycles. The molecule has 26 heavy (non-hydrogen) atoms. The minimum absolute atomic E-state index is 0.00445. The van der Waals surface area contributed by atoms with E-state index >= 15 is 0 Å². The predicted molar refractivity (Wildman–Crippen MR) is 104 cm³/mol. The van der Waals surface area contributed by atoms with Gasteiger partial charge >= 0.3 is 5.97 Å². The number of hydrogen-bond donors (Lipinski definition) is 2. The summed E-state index contributed by atoms with van der Waals surface area (Å²) in [6, 6.07) is 10.4. The van der Waals surface area contributed by atoms with Crippen molar-refractivity contribution in [2.75, 3.05) is 4.72 Å². The van der Waals surface area contributed by atoms with Crippen molar-refractivity contribution in [1.29, 1.82) is 0 Å². The van der Waals surface area contributed by atoms with Crippen LogP contribution in [0.3, 0.4) is 0 Å². The van der Waals surface area contributed by atoms with E-state index in [1.807, 2.05) is 27.7 Å². The number of aromatic carboxylic acids is 1. The van der Waals surface area contributed by atoms with E-state index in [1.165, 1.54) is 24.3 Å². The van der Waals surface area contributed by atoms with E-state index in [0.717, 1.165) is 11.7 Å². The molecule has 9 heteroatoms. The first kappa shape index (κ1) is 21.5. The molecule has 0 aliphatic carbocycles. The Hall–Kier alpha value is -2.52. The van der Waals surface area contributed by atoms with Gasteiger partial charge in [0.25, 0.3) is 10.0 Å². The molecule has 0 radical (unpaired) electrons. The molecule has 140 valence electrons. The molecule has 2 N–H and O–H groups in total. The van der Waals surface area contributed by atoms with Crippen LogP contribution < -0.4 is 4.72 Å². The number of carbonyl (C=O) groups is 1. The third-order valence-corrected chi connectivity index (χ3v) is 4.88. The Bertz CT molecular complexity index is 969. The van der Waals surface area contributed by atoms with E-state index < -0.39 is 16.0 Å². The number of rotatable bonds is 4. The summed E-state index contributed by atoms with van der Waals surface area (Å²) < 4.78 is 35.3. The molecule has 7 nitrogen and oxygen atoms in total. The Morgan fingerprint density at radius 3 is 2.31 bits per heavy atom. The van der Waals surface area contributed by atoms with E-state index in [0.29, 0.717) is 5.52 Å². The van der Waals surface area contributed by atoms with Crippen LogP contribution in [0.2, 0.25) is 0 Å². The van der Waals surface area contributed by atoms with Gasteiger partial charge in [-0.05, 0) is 24.3 Å². The quantitative estimate of drug-likeness (QED) is 0.684. The summed E-state index contributed by atoms with van der Waals surface area (Å²) in [6.45, 7) is 8.00. The number of aromatic nitrogens is 2. The first-order chi connectivity index (χ1) is 12.5. The van der Waals surface area contributed by atoms with Gasteiger partial charge in [-0.15, -0.1) is 0 Å². The maximum Gasteiger partial charge on any atom is 0.337 e. The number of fused-ring (bicyclic) bond motifs is 1. The number of hydrogen-bond acceptors (Lipinski definition) is 6. The van der Waals surface area contributed by atoms with Gasteiger partial charge in [-0.25, -0.2) is 13.2 Å². The van der Waals surface area contributed by atoms with Gasteiger partial charge in [0, 0.05) is 0 Å². The largest absolute Gasteiger partial charge is 0.478 e. The number of carboxylic acids is 1. The minimum atomic E-state index is -3.98. The molecule has 0 aliphatic heterocycles. The predicted octanol–water partition coefficient (Wildman–Crippen LogP) is 4.24. The summed E-state index contributed by atoms with van der Waals surface area (Å²) in [5.74, 6) is -1.22. The molecule has 0 spiro atoms. The van der Waals surface area contributed by atoms with E-state index in [9.17, 15) is 13.2 Å². The molecular formula is C17H21N3O4S2. The number of nitrogens with one attached hydrogen (secondary N) is 1. The van der Waals surface area contributed by atoms with Crippen LogP contribution in [0.4, 0.5) is 5.69 Å². The van der Waals surface area contributed by atoms with Crippen LogP contribution in [0.1, 0.15) is 38.1 Å². The van der Waals surface area contributed by atoms with E-state index in [-0.39, 0.29) is 21.7 Å². The monoisotopic (exact) mass is 395 g/mol. The molecular weight excluding hydrogens is 374 g/mol. The summed E-state index contributed by atoms with van der Waals surface area (Å²) in [4.78, 5) is 11.1. The highest BCUT2D eigenvalue weighted by atomic mass is 32.2. The minimum Gasteiger partial charge on any atom is -0.478 e. The second-order valence-electron chi connectivity index (χ2n) is 4.34. The van der Waals surface area contributed by atoms with Crippen molar-refractivity contribution in [3.05, 3.63) is 48.0 Å². The number of anilines is 1. The molecule has 0 atom stereocenters. The Morgan fingerprint density at radius 1 is 1.00 bits per heavy atom. The van der Waals surface area contributed by atoms with Gasteiger partial charge in [0.1, 0.15) is 15.9 Å². The lowest BCUT2D eigenvalue weighted by molar-refractivity contribution is 0.0698. The average Bonchev–Trinajstić information content (AvgIpc) is 3.13. The summed E-state index contributed by atoms with van der Waals surface area (Å²) in [5.41, 5.74) is 0.594. The molecule has 0 aliphatic rings. The SMILES string of the molecule is CC.CC.O=C(O)c1ccccc1NS(=O)(=O)c1cccc2nsnc12.